The van der Waals surface area contributed by atoms with Crippen molar-refractivity contribution in [3.8, 4) is 11.5 Å². The Labute approximate surface area is 210 Å². The molecule has 0 radical (unpaired) electrons. The largest absolute Gasteiger partial charge is 0.493 e. The molecule has 0 aliphatic carbocycles. The van der Waals surface area contributed by atoms with Crippen LogP contribution in [0.3, 0.4) is 0 Å². The van der Waals surface area contributed by atoms with Gasteiger partial charge in [-0.1, -0.05) is 48.6 Å². The monoisotopic (exact) mass is 492 g/mol. The molecule has 0 saturated carbocycles. The summed E-state index contributed by atoms with van der Waals surface area (Å²) in [7, 11) is 3.11. The second-order valence-corrected chi connectivity index (χ2v) is 8.48. The minimum Gasteiger partial charge on any atom is -0.493 e. The molecule has 1 heterocycles. The fraction of sp³-hybridized carbons (Fsp3) is 0.333. The second-order valence-electron chi connectivity index (χ2n) is 8.48. The molecule has 9 nitrogen and oxygen atoms in total. The van der Waals surface area contributed by atoms with Crippen LogP contribution >= 0.6 is 0 Å². The van der Waals surface area contributed by atoms with E-state index in [0.29, 0.717) is 30.2 Å². The Balaban J connectivity index is 1.65. The van der Waals surface area contributed by atoms with Crippen LogP contribution in [0.5, 0.6) is 11.5 Å². The molecule has 9 heteroatoms. The third-order valence-electron chi connectivity index (χ3n) is 5.78. The van der Waals surface area contributed by atoms with E-state index in [1.165, 1.54) is 0 Å². The van der Waals surface area contributed by atoms with Gasteiger partial charge in [0.2, 0.25) is 5.91 Å². The molecule has 3 aromatic rings. The van der Waals surface area contributed by atoms with E-state index in [4.69, 9.17) is 9.47 Å². The van der Waals surface area contributed by atoms with E-state index in [1.807, 2.05) is 48.6 Å². The number of allylic oxidation sites excluding steroid dienone is 1. The maximum atomic E-state index is 12.9. The number of aromatic nitrogens is 3. The molecule has 36 heavy (non-hydrogen) atoms. The van der Waals surface area contributed by atoms with E-state index < -0.39 is 23.6 Å². The number of aliphatic hydroxyl groups excluding tert-OH is 1. The molecule has 1 aromatic heterocycles. The van der Waals surface area contributed by atoms with Crippen LogP contribution in [-0.4, -0.2) is 46.5 Å². The summed E-state index contributed by atoms with van der Waals surface area (Å²) < 4.78 is 10.6. The zero-order valence-electron chi connectivity index (χ0n) is 20.9. The Morgan fingerprint density at radius 2 is 1.81 bits per heavy atom. The van der Waals surface area contributed by atoms with Gasteiger partial charge in [0.05, 0.1) is 32.3 Å². The van der Waals surface area contributed by atoms with Crippen LogP contribution in [0, 0.1) is 5.92 Å². The SMILES string of the molecule is COc1ccc(Cc2nnc(C(C)NC(=O)C(C/C=C/c3ccccc3)C(C)O)c(=O)[nH]2)cc1OC. The number of nitrogens with zero attached hydrogens (tertiary/aromatic N) is 2. The van der Waals surface area contributed by atoms with E-state index in [1.54, 1.807) is 40.2 Å². The van der Waals surface area contributed by atoms with Crippen LogP contribution in [0.25, 0.3) is 6.08 Å². The van der Waals surface area contributed by atoms with Crippen molar-refractivity contribution in [1.29, 1.82) is 0 Å². The van der Waals surface area contributed by atoms with E-state index >= 15 is 0 Å². The van der Waals surface area contributed by atoms with Crippen molar-refractivity contribution in [2.45, 2.75) is 38.8 Å². The standard InChI is InChI=1S/C27H32N4O5/c1-17(28-26(33)21(18(2)32)12-8-11-19-9-6-5-7-10-19)25-27(34)29-24(30-31-25)16-20-13-14-22(35-3)23(15-20)36-4/h5-11,13-15,17-18,21,32H,12,16H2,1-4H3,(H,28,33)(H,29,30,34)/b11-8+. The quantitative estimate of drug-likeness (QED) is 0.375. The van der Waals surface area contributed by atoms with Gasteiger partial charge in [0.25, 0.3) is 5.56 Å². The number of benzene rings is 2. The first kappa shape index (κ1) is 26.6. The van der Waals surface area contributed by atoms with Gasteiger partial charge in [-0.2, -0.15) is 0 Å². The van der Waals surface area contributed by atoms with Gasteiger partial charge in [0.1, 0.15) is 11.5 Å². The zero-order chi connectivity index (χ0) is 26.1. The van der Waals surface area contributed by atoms with Crippen molar-refractivity contribution in [2.75, 3.05) is 14.2 Å². The lowest BCUT2D eigenvalue weighted by molar-refractivity contribution is -0.128. The zero-order valence-corrected chi connectivity index (χ0v) is 20.9. The molecular weight excluding hydrogens is 460 g/mol. The normalized spacial score (nSPS) is 13.7. The number of hydrogen-bond donors (Lipinski definition) is 3. The highest BCUT2D eigenvalue weighted by Crippen LogP contribution is 2.28. The molecule has 1 amide bonds. The molecule has 3 N–H and O–H groups in total. The topological polar surface area (TPSA) is 126 Å². The maximum Gasteiger partial charge on any atom is 0.275 e. The summed E-state index contributed by atoms with van der Waals surface area (Å²) in [5, 5.41) is 21.1. The molecule has 3 unspecified atom stereocenters. The molecular formula is C27H32N4O5. The predicted molar refractivity (Wildman–Crippen MR) is 137 cm³/mol. The molecule has 0 fully saturated rings. The predicted octanol–water partition coefficient (Wildman–Crippen LogP) is 3.05. The molecule has 2 aromatic carbocycles. The third-order valence-corrected chi connectivity index (χ3v) is 5.78. The number of H-pyrrole nitrogens is 1. The lowest BCUT2D eigenvalue weighted by Gasteiger charge is -2.20. The number of carbonyl (C=O) groups excluding carboxylic acids is 1. The van der Waals surface area contributed by atoms with Gasteiger partial charge in [-0.05, 0) is 43.5 Å². The fourth-order valence-corrected chi connectivity index (χ4v) is 3.75. The van der Waals surface area contributed by atoms with Crippen molar-refractivity contribution in [3.05, 3.63) is 87.6 Å². The van der Waals surface area contributed by atoms with Crippen LogP contribution in [0.15, 0.2) is 59.4 Å². The summed E-state index contributed by atoms with van der Waals surface area (Å²) in [6, 6.07) is 14.4. The van der Waals surface area contributed by atoms with Gasteiger partial charge < -0.3 is 24.9 Å². The van der Waals surface area contributed by atoms with Gasteiger partial charge in [-0.15, -0.1) is 10.2 Å². The number of aromatic amines is 1. The summed E-state index contributed by atoms with van der Waals surface area (Å²) in [5.74, 6) is 0.508. The Bertz CT molecular complexity index is 1240. The van der Waals surface area contributed by atoms with Crippen molar-refractivity contribution >= 4 is 12.0 Å². The summed E-state index contributed by atoms with van der Waals surface area (Å²) in [6.45, 7) is 3.23. The van der Waals surface area contributed by atoms with Crippen molar-refractivity contribution < 1.29 is 19.4 Å². The summed E-state index contributed by atoms with van der Waals surface area (Å²) >= 11 is 0. The van der Waals surface area contributed by atoms with Gasteiger partial charge in [-0.3, -0.25) is 9.59 Å². The van der Waals surface area contributed by atoms with Crippen LogP contribution in [0.1, 0.15) is 49.0 Å². The molecule has 3 atom stereocenters. The smallest absolute Gasteiger partial charge is 0.275 e. The molecule has 0 aliphatic heterocycles. The first-order chi connectivity index (χ1) is 17.3. The fourth-order valence-electron chi connectivity index (χ4n) is 3.75. The molecule has 0 spiro atoms. The number of rotatable bonds is 11. The van der Waals surface area contributed by atoms with Crippen molar-refractivity contribution in [1.82, 2.24) is 20.5 Å². The number of nitrogens with one attached hydrogen (secondary N) is 2. The van der Waals surface area contributed by atoms with E-state index in [2.05, 4.69) is 20.5 Å². The minimum absolute atomic E-state index is 0.0866. The second kappa shape index (κ2) is 12.6. The van der Waals surface area contributed by atoms with Crippen molar-refractivity contribution in [3.63, 3.8) is 0 Å². The molecule has 0 saturated heterocycles. The lowest BCUT2D eigenvalue weighted by atomic mass is 9.97. The van der Waals surface area contributed by atoms with E-state index in [0.717, 1.165) is 11.1 Å². The van der Waals surface area contributed by atoms with Crippen LogP contribution in [0.4, 0.5) is 0 Å². The number of aliphatic hydroxyl groups is 1. The third kappa shape index (κ3) is 7.02. The van der Waals surface area contributed by atoms with E-state index in [9.17, 15) is 14.7 Å². The first-order valence-electron chi connectivity index (χ1n) is 11.7. The summed E-state index contributed by atoms with van der Waals surface area (Å²) in [5.41, 5.74) is 1.51. The number of carbonyl (C=O) groups is 1. The number of amides is 1. The maximum absolute atomic E-state index is 12.9. The van der Waals surface area contributed by atoms with Crippen LogP contribution < -0.4 is 20.3 Å². The van der Waals surface area contributed by atoms with Crippen LogP contribution in [0.2, 0.25) is 0 Å². The molecule has 190 valence electrons. The molecule has 3 rings (SSSR count). The van der Waals surface area contributed by atoms with Crippen LogP contribution in [-0.2, 0) is 11.2 Å². The Morgan fingerprint density at radius 1 is 1.08 bits per heavy atom. The highest BCUT2D eigenvalue weighted by molar-refractivity contribution is 5.80. The van der Waals surface area contributed by atoms with Gasteiger partial charge >= 0.3 is 0 Å². The average molecular weight is 493 g/mol. The van der Waals surface area contributed by atoms with E-state index in [-0.39, 0.29) is 11.6 Å². The van der Waals surface area contributed by atoms with Gasteiger partial charge in [-0.25, -0.2) is 0 Å². The Kier molecular flexibility index (Phi) is 9.35. The summed E-state index contributed by atoms with van der Waals surface area (Å²) in [6.07, 6.45) is 3.57. The minimum atomic E-state index is -0.870. The molecule has 0 bridgehead atoms. The van der Waals surface area contributed by atoms with Gasteiger partial charge in [0, 0.05) is 6.42 Å². The highest BCUT2D eigenvalue weighted by Gasteiger charge is 2.25. The average Bonchev–Trinajstić information content (AvgIpc) is 2.86. The molecule has 0 aliphatic rings. The van der Waals surface area contributed by atoms with Gasteiger partial charge in [0.15, 0.2) is 11.5 Å². The number of ether oxygens (including phenoxy) is 2. The lowest BCUT2D eigenvalue weighted by Crippen LogP contribution is -2.39. The Hall–Kier alpha value is -3.98. The first-order valence-corrected chi connectivity index (χ1v) is 11.7. The Morgan fingerprint density at radius 3 is 2.44 bits per heavy atom. The van der Waals surface area contributed by atoms with Crippen molar-refractivity contribution in [2.24, 2.45) is 5.92 Å². The summed E-state index contributed by atoms with van der Waals surface area (Å²) in [4.78, 5) is 28.3. The number of hydrogen-bond acceptors (Lipinski definition) is 7. The highest BCUT2D eigenvalue weighted by atomic mass is 16.5. The number of methoxy groups -OCH3 is 2.